The maximum atomic E-state index is 5.95. The van der Waals surface area contributed by atoms with Crippen LogP contribution in [-0.4, -0.2) is 13.2 Å². The Bertz CT molecular complexity index is 1030. The quantitative estimate of drug-likeness (QED) is 0.454. The summed E-state index contributed by atoms with van der Waals surface area (Å²) in [7, 11) is 1.74. The fraction of sp³-hybridized carbons (Fsp3) is 0.308. The molecule has 3 nitrogen and oxygen atoms in total. The molecule has 0 bridgehead atoms. The Balaban J connectivity index is 1.17. The van der Waals surface area contributed by atoms with Crippen molar-refractivity contribution in [2.75, 3.05) is 7.11 Å². The monoisotopic (exact) mass is 463 g/mol. The SMILES string of the molecule is COc1ccc2c(c1)C(N[C@H]1CC1c1ccc(OCc3cccc(Br)c3)cc1)CC2. The van der Waals surface area contributed by atoms with Crippen molar-refractivity contribution in [1.29, 1.82) is 0 Å². The second-order valence-electron chi connectivity index (χ2n) is 8.26. The van der Waals surface area contributed by atoms with E-state index in [0.717, 1.165) is 28.0 Å². The molecule has 1 N–H and O–H groups in total. The molecule has 0 aromatic heterocycles. The van der Waals surface area contributed by atoms with E-state index >= 15 is 0 Å². The highest BCUT2D eigenvalue weighted by Gasteiger charge is 2.40. The molecule has 3 atom stereocenters. The average molecular weight is 464 g/mol. The molecular formula is C26H26BrNO2. The summed E-state index contributed by atoms with van der Waals surface area (Å²) in [5.41, 5.74) is 5.42. The molecule has 3 aromatic rings. The van der Waals surface area contributed by atoms with Crippen molar-refractivity contribution >= 4 is 15.9 Å². The molecule has 2 unspecified atom stereocenters. The molecule has 3 aromatic carbocycles. The standard InChI is InChI=1S/C26H26BrNO2/c1-29-22-11-7-19-8-12-25(23(19)14-22)28-26-15-24(26)18-5-9-21(10-6-18)30-16-17-3-2-4-20(27)13-17/h2-7,9-11,13-14,24-26,28H,8,12,15-16H2,1H3/t24?,25?,26-/m0/s1. The Morgan fingerprint density at radius 2 is 1.83 bits per heavy atom. The van der Waals surface area contributed by atoms with Gasteiger partial charge in [0.25, 0.3) is 0 Å². The highest BCUT2D eigenvalue weighted by atomic mass is 79.9. The van der Waals surface area contributed by atoms with Crippen molar-refractivity contribution in [2.45, 2.75) is 43.9 Å². The summed E-state index contributed by atoms with van der Waals surface area (Å²) in [6, 6.07) is 24.3. The Morgan fingerprint density at radius 1 is 1.00 bits per heavy atom. The number of aryl methyl sites for hydroxylation is 1. The van der Waals surface area contributed by atoms with Crippen LogP contribution in [0.3, 0.4) is 0 Å². The van der Waals surface area contributed by atoms with Crippen molar-refractivity contribution < 1.29 is 9.47 Å². The lowest BCUT2D eigenvalue weighted by Crippen LogP contribution is -2.22. The van der Waals surface area contributed by atoms with Crippen LogP contribution in [-0.2, 0) is 13.0 Å². The van der Waals surface area contributed by atoms with E-state index < -0.39 is 0 Å². The molecule has 2 aliphatic carbocycles. The molecule has 5 rings (SSSR count). The van der Waals surface area contributed by atoms with E-state index in [2.05, 4.69) is 75.8 Å². The van der Waals surface area contributed by atoms with Gasteiger partial charge in [0.1, 0.15) is 18.1 Å². The lowest BCUT2D eigenvalue weighted by molar-refractivity contribution is 0.306. The second-order valence-corrected chi connectivity index (χ2v) is 9.17. The predicted octanol–water partition coefficient (Wildman–Crippen LogP) is 6.17. The van der Waals surface area contributed by atoms with Crippen LogP contribution >= 0.6 is 15.9 Å². The number of benzene rings is 3. The van der Waals surface area contributed by atoms with Crippen LogP contribution in [0.2, 0.25) is 0 Å². The molecule has 2 aliphatic rings. The van der Waals surface area contributed by atoms with Gasteiger partial charge in [0.05, 0.1) is 7.11 Å². The molecular weight excluding hydrogens is 438 g/mol. The van der Waals surface area contributed by atoms with E-state index in [1.165, 1.54) is 29.5 Å². The molecule has 4 heteroatoms. The van der Waals surface area contributed by atoms with Gasteiger partial charge < -0.3 is 14.8 Å². The van der Waals surface area contributed by atoms with Crippen molar-refractivity contribution in [3.63, 3.8) is 0 Å². The van der Waals surface area contributed by atoms with Gasteiger partial charge in [0.15, 0.2) is 0 Å². The average Bonchev–Trinajstić information content (AvgIpc) is 3.43. The fourth-order valence-electron chi connectivity index (χ4n) is 4.49. The lowest BCUT2D eigenvalue weighted by Gasteiger charge is -2.15. The molecule has 0 aliphatic heterocycles. The fourth-order valence-corrected chi connectivity index (χ4v) is 4.94. The van der Waals surface area contributed by atoms with Gasteiger partial charge in [0.2, 0.25) is 0 Å². The van der Waals surface area contributed by atoms with Gasteiger partial charge in [0, 0.05) is 22.5 Å². The van der Waals surface area contributed by atoms with Crippen molar-refractivity contribution in [3.05, 3.63) is 93.5 Å². The van der Waals surface area contributed by atoms with E-state index in [1.54, 1.807) is 7.11 Å². The molecule has 0 heterocycles. The zero-order valence-electron chi connectivity index (χ0n) is 17.1. The van der Waals surface area contributed by atoms with Crippen molar-refractivity contribution in [1.82, 2.24) is 5.32 Å². The number of fused-ring (bicyclic) bond motifs is 1. The Morgan fingerprint density at radius 3 is 2.63 bits per heavy atom. The normalized spacial score (nSPS) is 21.9. The van der Waals surface area contributed by atoms with Crippen LogP contribution < -0.4 is 14.8 Å². The third-order valence-corrected chi connectivity index (χ3v) is 6.73. The molecule has 30 heavy (non-hydrogen) atoms. The second kappa shape index (κ2) is 8.44. The van der Waals surface area contributed by atoms with E-state index in [-0.39, 0.29) is 0 Å². The van der Waals surface area contributed by atoms with Gasteiger partial charge >= 0.3 is 0 Å². The third-order valence-electron chi connectivity index (χ3n) is 6.24. The van der Waals surface area contributed by atoms with Crippen LogP contribution in [0.25, 0.3) is 0 Å². The van der Waals surface area contributed by atoms with Gasteiger partial charge in [-0.15, -0.1) is 0 Å². The summed E-state index contributed by atoms with van der Waals surface area (Å²) in [5, 5.41) is 3.88. The lowest BCUT2D eigenvalue weighted by atomic mass is 10.1. The molecule has 0 spiro atoms. The highest BCUT2D eigenvalue weighted by molar-refractivity contribution is 9.10. The van der Waals surface area contributed by atoms with Gasteiger partial charge in [-0.25, -0.2) is 0 Å². The number of methoxy groups -OCH3 is 1. The first-order valence-electron chi connectivity index (χ1n) is 10.6. The maximum absolute atomic E-state index is 5.95. The number of hydrogen-bond donors (Lipinski definition) is 1. The minimum Gasteiger partial charge on any atom is -0.497 e. The number of ether oxygens (including phenoxy) is 2. The summed E-state index contributed by atoms with van der Waals surface area (Å²) in [5.74, 6) is 2.47. The van der Waals surface area contributed by atoms with Gasteiger partial charge in [-0.2, -0.15) is 0 Å². The molecule has 154 valence electrons. The van der Waals surface area contributed by atoms with Crippen LogP contribution in [0.5, 0.6) is 11.5 Å². The van der Waals surface area contributed by atoms with Crippen molar-refractivity contribution in [2.24, 2.45) is 0 Å². The minimum atomic E-state index is 0.443. The zero-order valence-corrected chi connectivity index (χ0v) is 18.7. The zero-order chi connectivity index (χ0) is 20.5. The summed E-state index contributed by atoms with van der Waals surface area (Å²) in [4.78, 5) is 0. The van der Waals surface area contributed by atoms with Gasteiger partial charge in [-0.05, 0) is 77.9 Å². The minimum absolute atomic E-state index is 0.443. The van der Waals surface area contributed by atoms with E-state index in [1.807, 2.05) is 12.1 Å². The van der Waals surface area contributed by atoms with E-state index in [4.69, 9.17) is 9.47 Å². The van der Waals surface area contributed by atoms with Gasteiger partial charge in [-0.3, -0.25) is 0 Å². The van der Waals surface area contributed by atoms with Gasteiger partial charge in [-0.1, -0.05) is 46.3 Å². The van der Waals surface area contributed by atoms with Crippen LogP contribution in [0, 0.1) is 0 Å². The Hall–Kier alpha value is -2.30. The largest absolute Gasteiger partial charge is 0.497 e. The first-order chi connectivity index (χ1) is 14.7. The summed E-state index contributed by atoms with van der Waals surface area (Å²) in [6.45, 7) is 0.580. The molecule has 0 saturated heterocycles. The summed E-state index contributed by atoms with van der Waals surface area (Å²) >= 11 is 3.51. The topological polar surface area (TPSA) is 30.5 Å². The number of halogens is 1. The molecule has 1 saturated carbocycles. The number of rotatable bonds is 7. The van der Waals surface area contributed by atoms with Crippen LogP contribution in [0.15, 0.2) is 71.2 Å². The van der Waals surface area contributed by atoms with E-state index in [0.29, 0.717) is 24.6 Å². The number of nitrogens with one attached hydrogen (secondary N) is 1. The third kappa shape index (κ3) is 4.26. The highest BCUT2D eigenvalue weighted by Crippen LogP contribution is 2.44. The summed E-state index contributed by atoms with van der Waals surface area (Å²) < 4.78 is 12.4. The van der Waals surface area contributed by atoms with Crippen LogP contribution in [0.4, 0.5) is 0 Å². The number of hydrogen-bond acceptors (Lipinski definition) is 3. The van der Waals surface area contributed by atoms with Crippen LogP contribution in [0.1, 0.15) is 47.1 Å². The first kappa shape index (κ1) is 19.7. The Kier molecular flexibility index (Phi) is 5.53. The maximum Gasteiger partial charge on any atom is 0.119 e. The predicted molar refractivity (Wildman–Crippen MR) is 123 cm³/mol. The molecule has 0 radical (unpaired) electrons. The summed E-state index contributed by atoms with van der Waals surface area (Å²) in [6.07, 6.45) is 3.53. The van der Waals surface area contributed by atoms with E-state index in [9.17, 15) is 0 Å². The molecule has 1 fully saturated rings. The smallest absolute Gasteiger partial charge is 0.119 e. The molecule has 0 amide bonds. The Labute approximate surface area is 186 Å². The first-order valence-corrected chi connectivity index (χ1v) is 11.4. The van der Waals surface area contributed by atoms with Crippen molar-refractivity contribution in [3.8, 4) is 11.5 Å².